The minimum Gasteiger partial charge on any atom is -0.508 e. The van der Waals surface area contributed by atoms with E-state index in [0.29, 0.717) is 29.6 Å². The maximum absolute atomic E-state index is 13.5. The summed E-state index contributed by atoms with van der Waals surface area (Å²) in [5.74, 6) is -4.87. The van der Waals surface area contributed by atoms with Gasteiger partial charge in [-0.15, -0.1) is 0 Å². The molecule has 3 aromatic heterocycles. The average molecular weight is 872 g/mol. The van der Waals surface area contributed by atoms with E-state index in [2.05, 4.69) is 10.3 Å². The van der Waals surface area contributed by atoms with Gasteiger partial charge in [0.25, 0.3) is 0 Å². The highest BCUT2D eigenvalue weighted by molar-refractivity contribution is 5.95. The number of phenolic OH excluding ortho intramolecular Hbond substituents is 1. The number of nitrogens with zero attached hydrogens (tertiary/aromatic N) is 1. The van der Waals surface area contributed by atoms with E-state index in [0.717, 1.165) is 28.5 Å². The molecule has 9 N–H and O–H groups in total. The third-order valence-corrected chi connectivity index (χ3v) is 11.0. The normalized spacial score (nSPS) is 20.3. The fourth-order valence-electron chi connectivity index (χ4n) is 7.84. The second-order valence-corrected chi connectivity index (χ2v) is 15.4. The van der Waals surface area contributed by atoms with E-state index in [4.69, 9.17) is 23.5 Å². The quantitative estimate of drug-likeness (QED) is 0.0260. The molecular weight excluding hydrogens is 823 g/mol. The molecule has 0 bridgehead atoms. The standard InChI is InChI=1S/C45H49N3O15/c1-23-17-24(5-3-4-15-49)19-27(18-23)36-35-26(12-14-47-35)21-48(36)63-41-39(54)38(53)40(44(58)62-43(57)34(42(55)56)32(46-2)13-16-50)61-45(41)60-29-10-11-30-33(20-29)59-22-31(37(30)52)25-6-8-28(51)9-7-25/h6-12,14,17-22,32,34,38-41,44-47,49-51,53-54,58H,3-5,13,15-16H2,1-2H3,(H,55,56). The number of esters is 1. The molecule has 1 aliphatic heterocycles. The van der Waals surface area contributed by atoms with Gasteiger partial charge in [-0.3, -0.25) is 14.4 Å². The molecule has 6 aromatic rings. The van der Waals surface area contributed by atoms with Crippen LogP contribution in [-0.4, -0.2) is 121 Å². The van der Waals surface area contributed by atoms with Gasteiger partial charge in [0.1, 0.15) is 41.2 Å². The lowest BCUT2D eigenvalue weighted by atomic mass is 9.96. The average Bonchev–Trinajstić information content (AvgIpc) is 3.85. The smallest absolute Gasteiger partial charge is 0.324 e. The monoisotopic (exact) mass is 871 g/mol. The molecule has 0 aliphatic carbocycles. The highest BCUT2D eigenvalue weighted by Crippen LogP contribution is 2.34. The van der Waals surface area contributed by atoms with Crippen LogP contribution in [0, 0.1) is 12.8 Å². The molecule has 18 heteroatoms. The summed E-state index contributed by atoms with van der Waals surface area (Å²) in [6, 6.07) is 16.9. The first kappa shape index (κ1) is 44.8. The molecule has 1 fully saturated rings. The van der Waals surface area contributed by atoms with Gasteiger partial charge in [0.15, 0.2) is 17.5 Å². The van der Waals surface area contributed by atoms with Gasteiger partial charge >= 0.3 is 11.9 Å². The first-order chi connectivity index (χ1) is 30.3. The van der Waals surface area contributed by atoms with Crippen LogP contribution in [0.1, 0.15) is 30.4 Å². The molecular formula is C45H49N3O15. The Morgan fingerprint density at radius 1 is 0.968 bits per heavy atom. The van der Waals surface area contributed by atoms with Gasteiger partial charge in [-0.2, -0.15) is 4.73 Å². The van der Waals surface area contributed by atoms with Crippen LogP contribution in [0.4, 0.5) is 0 Å². The Kier molecular flexibility index (Phi) is 13.8. The number of rotatable bonds is 18. The van der Waals surface area contributed by atoms with E-state index in [-0.39, 0.29) is 46.5 Å². The van der Waals surface area contributed by atoms with Gasteiger partial charge in [-0.25, -0.2) is 0 Å². The number of ether oxygens (including phenoxy) is 3. The van der Waals surface area contributed by atoms with E-state index >= 15 is 0 Å². The molecule has 7 rings (SSSR count). The fourth-order valence-corrected chi connectivity index (χ4v) is 7.84. The maximum atomic E-state index is 13.5. The zero-order chi connectivity index (χ0) is 44.9. The number of aromatic nitrogens is 2. The number of H-pyrrole nitrogens is 1. The first-order valence-corrected chi connectivity index (χ1v) is 20.3. The number of aliphatic carboxylic acids is 1. The zero-order valence-electron chi connectivity index (χ0n) is 34.3. The predicted molar refractivity (Wildman–Crippen MR) is 226 cm³/mol. The molecule has 63 heavy (non-hydrogen) atoms. The Bertz CT molecular complexity index is 2600. The molecule has 18 nitrogen and oxygen atoms in total. The summed E-state index contributed by atoms with van der Waals surface area (Å²) in [5, 5.41) is 76.4. The molecule has 0 spiro atoms. The number of carbonyl (C=O) groups excluding carboxylic acids is 1. The van der Waals surface area contributed by atoms with Crippen LogP contribution < -0.4 is 20.3 Å². The SMILES string of the molecule is CNC(CCO)C(C(=O)O)C(=O)OC(O)C1OC(Oc2ccc3c(=O)c(-c4ccc(O)cc4)coc3c2)C(On2cc3cc[nH]c3c2-c2cc(C)cc(CCCCO)c2)C(O)C1O. The topological polar surface area (TPSA) is 276 Å². The van der Waals surface area contributed by atoms with Crippen LogP contribution in [0.15, 0.2) is 94.6 Å². The van der Waals surface area contributed by atoms with E-state index in [9.17, 15) is 50.1 Å². The number of aliphatic hydroxyl groups is 5. The molecule has 8 unspecified atom stereocenters. The first-order valence-electron chi connectivity index (χ1n) is 20.3. The van der Waals surface area contributed by atoms with E-state index < -0.39 is 67.5 Å². The zero-order valence-corrected chi connectivity index (χ0v) is 34.3. The number of hydrogen-bond donors (Lipinski definition) is 9. The molecule has 0 saturated carbocycles. The van der Waals surface area contributed by atoms with Crippen molar-refractivity contribution < 1.29 is 68.8 Å². The second-order valence-electron chi connectivity index (χ2n) is 15.4. The van der Waals surface area contributed by atoms with Crippen molar-refractivity contribution in [1.82, 2.24) is 15.0 Å². The molecule has 4 heterocycles. The van der Waals surface area contributed by atoms with Crippen LogP contribution >= 0.6 is 0 Å². The summed E-state index contributed by atoms with van der Waals surface area (Å²) in [6.07, 6.45) is -4.94. The minimum atomic E-state index is -2.35. The number of hydrogen-bond acceptors (Lipinski definition) is 15. The van der Waals surface area contributed by atoms with Crippen molar-refractivity contribution in [2.24, 2.45) is 5.92 Å². The number of aliphatic hydroxyl groups excluding tert-OH is 5. The highest BCUT2D eigenvalue weighted by atomic mass is 16.8. The van der Waals surface area contributed by atoms with Crippen LogP contribution in [0.2, 0.25) is 0 Å². The van der Waals surface area contributed by atoms with Gasteiger partial charge in [-0.1, -0.05) is 23.8 Å². The number of fused-ring (bicyclic) bond motifs is 2. The Morgan fingerprint density at radius 2 is 1.75 bits per heavy atom. The van der Waals surface area contributed by atoms with Crippen molar-refractivity contribution in [1.29, 1.82) is 0 Å². The van der Waals surface area contributed by atoms with Gasteiger partial charge in [0.05, 0.1) is 22.7 Å². The Morgan fingerprint density at radius 3 is 2.46 bits per heavy atom. The Labute approximate surface area is 359 Å². The number of aromatic amines is 1. The molecule has 8 atom stereocenters. The largest absolute Gasteiger partial charge is 0.508 e. The Balaban J connectivity index is 1.24. The lowest BCUT2D eigenvalue weighted by Crippen LogP contribution is -2.65. The van der Waals surface area contributed by atoms with E-state index in [1.165, 1.54) is 48.4 Å². The Hall–Kier alpha value is -6.25. The number of unbranched alkanes of at least 4 members (excludes halogenated alkanes) is 1. The fraction of sp³-hybridized carbons (Fsp3) is 0.356. The van der Waals surface area contributed by atoms with Crippen molar-refractivity contribution in [3.8, 4) is 33.9 Å². The third kappa shape index (κ3) is 9.57. The van der Waals surface area contributed by atoms with E-state index in [1.807, 2.05) is 31.2 Å². The van der Waals surface area contributed by atoms with E-state index in [1.54, 1.807) is 24.5 Å². The summed E-state index contributed by atoms with van der Waals surface area (Å²) in [7, 11) is 1.38. The number of nitrogens with one attached hydrogen (secondary N) is 2. The predicted octanol–water partition coefficient (Wildman–Crippen LogP) is 2.59. The van der Waals surface area contributed by atoms with Gasteiger partial charge in [0, 0.05) is 42.5 Å². The van der Waals surface area contributed by atoms with Gasteiger partial charge in [-0.05, 0) is 93.2 Å². The van der Waals surface area contributed by atoms with Crippen LogP contribution in [0.25, 0.3) is 44.3 Å². The van der Waals surface area contributed by atoms with Crippen molar-refractivity contribution in [3.63, 3.8) is 0 Å². The number of carbonyl (C=O) groups is 2. The second kappa shape index (κ2) is 19.4. The number of aryl methyl sites for hydroxylation is 2. The summed E-state index contributed by atoms with van der Waals surface area (Å²) in [4.78, 5) is 48.6. The molecule has 1 saturated heterocycles. The number of carboxylic acid groups (broad SMARTS) is 1. The maximum Gasteiger partial charge on any atom is 0.324 e. The lowest BCUT2D eigenvalue weighted by Gasteiger charge is -2.43. The molecule has 0 amide bonds. The van der Waals surface area contributed by atoms with Crippen LogP contribution in [0.3, 0.4) is 0 Å². The highest BCUT2D eigenvalue weighted by Gasteiger charge is 2.52. The minimum absolute atomic E-state index is 0.0216. The molecule has 0 radical (unpaired) electrons. The molecule has 3 aromatic carbocycles. The summed E-state index contributed by atoms with van der Waals surface area (Å²) >= 11 is 0. The van der Waals surface area contributed by atoms with Crippen molar-refractivity contribution in [2.45, 2.75) is 75.6 Å². The number of phenols is 1. The number of carboxylic acids is 1. The molecule has 334 valence electrons. The van der Waals surface area contributed by atoms with Crippen LogP contribution in [-0.2, 0) is 25.5 Å². The van der Waals surface area contributed by atoms with Crippen LogP contribution in [0.5, 0.6) is 11.5 Å². The summed E-state index contributed by atoms with van der Waals surface area (Å²) in [5.41, 5.74) is 4.36. The summed E-state index contributed by atoms with van der Waals surface area (Å²) < 4.78 is 24.7. The lowest BCUT2D eigenvalue weighted by molar-refractivity contribution is -0.318. The third-order valence-electron chi connectivity index (χ3n) is 11.0. The van der Waals surface area contributed by atoms with Gasteiger partial charge in [0.2, 0.25) is 18.7 Å². The number of aromatic hydroxyl groups is 1. The van der Waals surface area contributed by atoms with Crippen molar-refractivity contribution in [3.05, 3.63) is 107 Å². The number of benzene rings is 3. The summed E-state index contributed by atoms with van der Waals surface area (Å²) in [6.45, 7) is 1.55. The molecule has 1 aliphatic rings. The van der Waals surface area contributed by atoms with Crippen molar-refractivity contribution in [2.75, 3.05) is 20.3 Å². The van der Waals surface area contributed by atoms with Gasteiger partial charge < -0.3 is 69.5 Å². The van der Waals surface area contributed by atoms with Crippen molar-refractivity contribution >= 4 is 33.8 Å².